The van der Waals surface area contributed by atoms with Crippen LogP contribution in [-0.4, -0.2) is 43.0 Å². The highest BCUT2D eigenvalue weighted by Gasteiger charge is 2.24. The second-order valence-corrected chi connectivity index (χ2v) is 20.3. The molecule has 65 heavy (non-hydrogen) atoms. The molecule has 0 spiro atoms. The molecule has 0 saturated heterocycles. The molecule has 0 bridgehead atoms. The van der Waals surface area contributed by atoms with Gasteiger partial charge >= 0.3 is 0 Å². The predicted octanol–water partition coefficient (Wildman–Crippen LogP) is 9.10. The van der Waals surface area contributed by atoms with Crippen LogP contribution in [0.25, 0.3) is 45.1 Å². The number of fused-ring (bicyclic) bond motifs is 6. The second-order valence-electron chi connectivity index (χ2n) is 16.3. The maximum Gasteiger partial charge on any atom is 0.281 e. The van der Waals surface area contributed by atoms with Gasteiger partial charge in [-0.2, -0.15) is 9.97 Å². The Balaban J connectivity index is 0.000000164. The number of hydrogen-bond donors (Lipinski definition) is 0. The highest BCUT2D eigenvalue weighted by molar-refractivity contribution is 7.92. The van der Waals surface area contributed by atoms with Gasteiger partial charge in [-0.05, 0) is 127 Å². The number of para-hydroxylation sites is 2. The van der Waals surface area contributed by atoms with E-state index in [1.807, 2.05) is 117 Å². The van der Waals surface area contributed by atoms with Gasteiger partial charge in [0.05, 0.1) is 43.0 Å². The fourth-order valence-electron chi connectivity index (χ4n) is 8.29. The summed E-state index contributed by atoms with van der Waals surface area (Å²) in [6.07, 6.45) is 5.62. The van der Waals surface area contributed by atoms with E-state index in [0.717, 1.165) is 75.9 Å². The van der Waals surface area contributed by atoms with E-state index in [9.17, 15) is 26.4 Å². The molecule has 0 unspecified atom stereocenters. The van der Waals surface area contributed by atoms with E-state index in [0.29, 0.717) is 33.0 Å². The van der Waals surface area contributed by atoms with Crippen LogP contribution in [0.15, 0.2) is 165 Å². The summed E-state index contributed by atoms with van der Waals surface area (Å²) in [6, 6.07) is 43.7. The number of rotatable bonds is 8. The molecule has 0 saturated carbocycles. The molecule has 0 N–H and O–H groups in total. The second kappa shape index (κ2) is 17.4. The van der Waals surface area contributed by atoms with E-state index in [1.54, 1.807) is 61.6 Å². The van der Waals surface area contributed by atoms with Gasteiger partial charge in [-0.3, -0.25) is 13.9 Å². The Morgan fingerprint density at radius 3 is 1.46 bits per heavy atom. The Labute approximate surface area is 377 Å². The van der Waals surface area contributed by atoms with Gasteiger partial charge in [0.1, 0.15) is 11.6 Å². The van der Waals surface area contributed by atoms with E-state index >= 15 is 0 Å². The molecule has 0 amide bonds. The summed E-state index contributed by atoms with van der Waals surface area (Å²) < 4.78 is 56.8. The molecule has 2 aliphatic rings. The van der Waals surface area contributed by atoms with Crippen LogP contribution in [-0.2, 0) is 38.7 Å². The summed E-state index contributed by atoms with van der Waals surface area (Å²) >= 11 is 0. The lowest BCUT2D eigenvalue weighted by Crippen LogP contribution is -2.26. The van der Waals surface area contributed by atoms with E-state index in [-0.39, 0.29) is 21.8 Å². The fourth-order valence-corrected chi connectivity index (χ4v) is 10.8. The lowest BCUT2D eigenvalue weighted by molar-refractivity contribution is 0.593. The Kier molecular flexibility index (Phi) is 11.5. The van der Waals surface area contributed by atoms with Crippen LogP contribution >= 0.6 is 0 Å². The summed E-state index contributed by atoms with van der Waals surface area (Å²) in [4.78, 5) is 34.2. The van der Waals surface area contributed by atoms with Crippen molar-refractivity contribution in [3.63, 3.8) is 0 Å². The predicted molar refractivity (Wildman–Crippen MR) is 259 cm³/mol. The topological polar surface area (TPSA) is 141 Å². The average Bonchev–Trinajstić information content (AvgIpc) is 3.91. The first kappa shape index (κ1) is 43.1. The van der Waals surface area contributed by atoms with Gasteiger partial charge in [-0.25, -0.2) is 16.8 Å². The molecule has 0 aliphatic carbocycles. The third-order valence-corrected chi connectivity index (χ3v) is 15.4. The van der Waals surface area contributed by atoms with E-state index in [1.165, 1.54) is 4.31 Å². The first-order chi connectivity index (χ1) is 31.2. The summed E-state index contributed by atoms with van der Waals surface area (Å²) in [7, 11) is -5.48. The van der Waals surface area contributed by atoms with Crippen molar-refractivity contribution < 1.29 is 16.8 Å². The molecule has 11 nitrogen and oxygen atoms in total. The van der Waals surface area contributed by atoms with Gasteiger partial charge in [0.15, 0.2) is 9.84 Å². The van der Waals surface area contributed by atoms with Crippen molar-refractivity contribution >= 4 is 70.7 Å². The van der Waals surface area contributed by atoms with Crippen molar-refractivity contribution in [2.75, 3.05) is 11.4 Å². The molecule has 0 atom stereocenters. The zero-order chi connectivity index (χ0) is 45.5. The quantitative estimate of drug-likeness (QED) is 0.147. The summed E-state index contributed by atoms with van der Waals surface area (Å²) in [5.41, 5.74) is 8.59. The minimum absolute atomic E-state index is 0.0430. The number of aromatic nitrogens is 4. The number of anilines is 1. The van der Waals surface area contributed by atoms with Crippen molar-refractivity contribution in [3.05, 3.63) is 206 Å². The Morgan fingerprint density at radius 2 is 0.985 bits per heavy atom. The van der Waals surface area contributed by atoms with Gasteiger partial charge in [0.2, 0.25) is 0 Å². The minimum atomic E-state index is -3.64. The Bertz CT molecular complexity index is 3540. The van der Waals surface area contributed by atoms with E-state index < -0.39 is 19.9 Å². The number of nitrogens with zero attached hydrogens (tertiary/aromatic N) is 5. The minimum Gasteiger partial charge on any atom is -0.325 e. The van der Waals surface area contributed by atoms with Gasteiger partial charge < -0.3 is 9.13 Å². The molecule has 2 aliphatic heterocycles. The van der Waals surface area contributed by atoms with Crippen LogP contribution in [0.2, 0.25) is 0 Å². The standard InChI is InChI=1S/C26H23N3O3S.C26H22N2O3S/c1-18-7-13-22(14-8-18)33(31,32)28(2)21-11-9-19(10-12-21)17-20-15-16-29-24-6-4-3-5-23(24)26(30)27-25(20)29;1-18-6-12-22(13-7-18)32(30,31)17-20-10-8-19(9-11-20)16-21-14-15-28-24-5-3-2-4-23(24)26(29)27-25(21)28/h3-14,17H,15-16H2,1-2H3;2-13,16H,14-15,17H2,1H3/b20-17+;21-16+. The third-order valence-electron chi connectivity index (χ3n) is 11.9. The zero-order valence-electron chi connectivity index (χ0n) is 36.0. The van der Waals surface area contributed by atoms with Gasteiger partial charge in [-0.15, -0.1) is 0 Å². The van der Waals surface area contributed by atoms with Crippen LogP contribution in [0.1, 0.15) is 52.3 Å². The summed E-state index contributed by atoms with van der Waals surface area (Å²) in [5, 5.41) is 1.27. The first-order valence-corrected chi connectivity index (χ1v) is 24.3. The maximum atomic E-state index is 13.0. The highest BCUT2D eigenvalue weighted by atomic mass is 32.2. The van der Waals surface area contributed by atoms with Crippen molar-refractivity contribution in [2.24, 2.45) is 0 Å². The highest BCUT2D eigenvalue weighted by Crippen LogP contribution is 2.32. The van der Waals surface area contributed by atoms with E-state index in [2.05, 4.69) is 19.1 Å². The Hall–Kier alpha value is -7.22. The lowest BCUT2D eigenvalue weighted by atomic mass is 10.1. The fraction of sp³-hybridized carbons (Fsp3) is 0.154. The van der Waals surface area contributed by atoms with Crippen LogP contribution in [0.3, 0.4) is 0 Å². The van der Waals surface area contributed by atoms with E-state index in [4.69, 9.17) is 0 Å². The number of sulfonamides is 1. The molecular weight excluding hydrogens is 855 g/mol. The number of aryl methyl sites for hydroxylation is 4. The normalized spacial score (nSPS) is 14.6. The third kappa shape index (κ3) is 8.72. The summed E-state index contributed by atoms with van der Waals surface area (Å²) in [5.74, 6) is 1.36. The molecular formula is C52H45N5O6S2. The smallest absolute Gasteiger partial charge is 0.281 e. The monoisotopic (exact) mass is 899 g/mol. The SMILES string of the molecule is Cc1ccc(S(=O)(=O)Cc2ccc(/C=C3\CCn4c3nc(=O)c3ccccc34)cc2)cc1.Cc1ccc(S(=O)(=O)N(C)c2ccc(/C=C3\CCn4c3nc(=O)c3ccccc34)cc2)cc1. The number of benzene rings is 6. The largest absolute Gasteiger partial charge is 0.325 e. The maximum absolute atomic E-state index is 13.0. The number of sulfone groups is 1. The van der Waals surface area contributed by atoms with Crippen LogP contribution in [0.5, 0.6) is 0 Å². The summed E-state index contributed by atoms with van der Waals surface area (Å²) in [6.45, 7) is 5.40. The molecule has 2 aromatic heterocycles. The van der Waals surface area contributed by atoms with Crippen molar-refractivity contribution in [1.82, 2.24) is 19.1 Å². The Morgan fingerprint density at radius 1 is 0.554 bits per heavy atom. The molecule has 8 aromatic rings. The average molecular weight is 900 g/mol. The lowest BCUT2D eigenvalue weighted by Gasteiger charge is -2.19. The molecule has 10 rings (SSSR count). The first-order valence-electron chi connectivity index (χ1n) is 21.2. The van der Waals surface area contributed by atoms with Gasteiger partial charge in [0, 0.05) is 20.1 Å². The number of allylic oxidation sites excluding steroid dienone is 2. The van der Waals surface area contributed by atoms with Crippen molar-refractivity contribution in [1.29, 1.82) is 0 Å². The molecule has 4 heterocycles. The molecule has 6 aromatic carbocycles. The van der Waals surface area contributed by atoms with Crippen LogP contribution in [0.4, 0.5) is 5.69 Å². The van der Waals surface area contributed by atoms with Gasteiger partial charge in [-0.1, -0.05) is 96.1 Å². The van der Waals surface area contributed by atoms with Crippen LogP contribution < -0.4 is 15.4 Å². The van der Waals surface area contributed by atoms with Crippen molar-refractivity contribution in [3.8, 4) is 0 Å². The molecule has 13 heteroatoms. The zero-order valence-corrected chi connectivity index (χ0v) is 37.7. The number of hydrogen-bond acceptors (Lipinski definition) is 8. The van der Waals surface area contributed by atoms with Crippen LogP contribution in [0, 0.1) is 13.8 Å². The van der Waals surface area contributed by atoms with Crippen molar-refractivity contribution in [2.45, 2.75) is 55.3 Å². The molecule has 0 radical (unpaired) electrons. The molecule has 326 valence electrons. The van der Waals surface area contributed by atoms with Gasteiger partial charge in [0.25, 0.3) is 21.1 Å². The molecule has 0 fully saturated rings.